The number of ether oxygens (including phenoxy) is 1. The number of rotatable bonds is 6. The highest BCUT2D eigenvalue weighted by Crippen LogP contribution is 2.39. The van der Waals surface area contributed by atoms with Gasteiger partial charge in [-0.3, -0.25) is 0 Å². The summed E-state index contributed by atoms with van der Waals surface area (Å²) < 4.78 is 12.2. The largest absolute Gasteiger partial charge is 0.408 e. The summed E-state index contributed by atoms with van der Waals surface area (Å²) in [7, 11) is -1.88. The summed E-state index contributed by atoms with van der Waals surface area (Å²) in [4.78, 5) is 0. The molecule has 0 radical (unpaired) electrons. The fourth-order valence-corrected chi connectivity index (χ4v) is 3.41. The highest BCUT2D eigenvalue weighted by molar-refractivity contribution is 6.74. The fourth-order valence-electron chi connectivity index (χ4n) is 2.12. The lowest BCUT2D eigenvalue weighted by molar-refractivity contribution is -0.0744. The van der Waals surface area contributed by atoms with E-state index in [1.54, 1.807) is 6.08 Å². The van der Waals surface area contributed by atoms with Crippen LogP contribution in [0.15, 0.2) is 12.7 Å². The lowest BCUT2D eigenvalue weighted by Gasteiger charge is -2.40. The van der Waals surface area contributed by atoms with Crippen LogP contribution in [0.25, 0.3) is 0 Å². The molecule has 118 valence electrons. The van der Waals surface area contributed by atoms with Crippen LogP contribution in [-0.2, 0) is 9.16 Å². The van der Waals surface area contributed by atoms with Crippen molar-refractivity contribution in [3.8, 4) is 0 Å². The fraction of sp³-hybridized carbons (Fsp3) is 0.867. The Morgan fingerprint density at radius 3 is 2.35 bits per heavy atom. The van der Waals surface area contributed by atoms with Gasteiger partial charge in [0.1, 0.15) is 6.10 Å². The Kier molecular flexibility index (Phi) is 5.98. The quantitative estimate of drug-likeness (QED) is 0.584. The predicted molar refractivity (Wildman–Crippen MR) is 83.3 cm³/mol. The molecule has 1 rings (SSSR count). The zero-order valence-corrected chi connectivity index (χ0v) is 14.4. The van der Waals surface area contributed by atoms with Crippen molar-refractivity contribution in [3.63, 3.8) is 0 Å². The zero-order chi connectivity index (χ0) is 15.6. The normalized spacial score (nSPS) is 27.4. The number of hydrogen-bond donors (Lipinski definition) is 2. The van der Waals surface area contributed by atoms with Crippen LogP contribution in [0.5, 0.6) is 0 Å². The average molecular weight is 302 g/mol. The van der Waals surface area contributed by atoms with Gasteiger partial charge >= 0.3 is 0 Å². The third-order valence-corrected chi connectivity index (χ3v) is 9.01. The maximum atomic E-state index is 9.66. The summed E-state index contributed by atoms with van der Waals surface area (Å²) in [6.07, 6.45) is 2.05. The van der Waals surface area contributed by atoms with Crippen molar-refractivity contribution in [1.29, 1.82) is 0 Å². The maximum absolute atomic E-state index is 9.66. The highest BCUT2D eigenvalue weighted by Gasteiger charge is 2.42. The Bertz CT molecular complexity index is 324. The molecule has 0 saturated carbocycles. The molecule has 0 aromatic rings. The van der Waals surface area contributed by atoms with Crippen molar-refractivity contribution >= 4 is 8.32 Å². The third-order valence-electron chi connectivity index (χ3n) is 4.54. The Labute approximate surface area is 123 Å². The second-order valence-electron chi connectivity index (χ2n) is 7.12. The molecule has 1 heterocycles. The lowest BCUT2D eigenvalue weighted by atomic mass is 10.1. The minimum atomic E-state index is -1.88. The van der Waals surface area contributed by atoms with Gasteiger partial charge in [-0.25, -0.2) is 0 Å². The molecule has 1 fully saturated rings. The lowest BCUT2D eigenvalue weighted by Crippen LogP contribution is -2.46. The number of aliphatic hydroxyl groups is 2. The minimum Gasteiger partial charge on any atom is -0.408 e. The molecule has 0 unspecified atom stereocenters. The molecule has 0 aromatic heterocycles. The van der Waals surface area contributed by atoms with Crippen LogP contribution in [0.4, 0.5) is 0 Å². The highest BCUT2D eigenvalue weighted by atomic mass is 28.4. The van der Waals surface area contributed by atoms with E-state index in [2.05, 4.69) is 40.4 Å². The second-order valence-corrected chi connectivity index (χ2v) is 11.9. The van der Waals surface area contributed by atoms with Gasteiger partial charge in [-0.15, -0.1) is 6.58 Å². The van der Waals surface area contributed by atoms with Gasteiger partial charge in [-0.1, -0.05) is 26.8 Å². The molecule has 0 aromatic carbocycles. The van der Waals surface area contributed by atoms with Crippen LogP contribution in [0.1, 0.15) is 33.6 Å². The molecule has 5 heteroatoms. The van der Waals surface area contributed by atoms with Crippen LogP contribution in [0.3, 0.4) is 0 Å². The van der Waals surface area contributed by atoms with Crippen LogP contribution in [0, 0.1) is 0 Å². The zero-order valence-electron chi connectivity index (χ0n) is 13.4. The molecule has 0 aliphatic carbocycles. The molecule has 2 N–H and O–H groups in total. The van der Waals surface area contributed by atoms with Gasteiger partial charge in [0.05, 0.1) is 24.9 Å². The van der Waals surface area contributed by atoms with E-state index in [9.17, 15) is 5.11 Å². The molecule has 0 spiro atoms. The molecular formula is C15H30O4Si. The van der Waals surface area contributed by atoms with E-state index in [-0.39, 0.29) is 30.0 Å². The molecule has 0 bridgehead atoms. The molecule has 0 amide bonds. The molecule has 1 aliphatic heterocycles. The van der Waals surface area contributed by atoms with Crippen molar-refractivity contribution in [2.75, 3.05) is 6.61 Å². The van der Waals surface area contributed by atoms with Crippen molar-refractivity contribution < 1.29 is 19.4 Å². The predicted octanol–water partition coefficient (Wildman–Crippen LogP) is 2.46. The van der Waals surface area contributed by atoms with Gasteiger partial charge in [0.15, 0.2) is 8.32 Å². The first kappa shape index (κ1) is 17.8. The standard InChI is InChI=1S/C15H30O4Si/c1-7-12(19-20(5,6)15(2,3)4)14-9-8-13(18-14)11(17)10-16/h7,11-14,16-17H,1,8-10H2,2-6H3/t11-,12+,13+,14+/m1/s1. The van der Waals surface area contributed by atoms with Gasteiger partial charge in [0.2, 0.25) is 0 Å². The van der Waals surface area contributed by atoms with Gasteiger partial charge < -0.3 is 19.4 Å². The van der Waals surface area contributed by atoms with Gasteiger partial charge in [0, 0.05) is 0 Å². The smallest absolute Gasteiger partial charge is 0.193 e. The maximum Gasteiger partial charge on any atom is 0.193 e. The summed E-state index contributed by atoms with van der Waals surface area (Å²) in [5.41, 5.74) is 0. The molecule has 20 heavy (non-hydrogen) atoms. The van der Waals surface area contributed by atoms with Crippen LogP contribution in [0.2, 0.25) is 18.1 Å². The molecule has 4 nitrogen and oxygen atoms in total. The van der Waals surface area contributed by atoms with Gasteiger partial charge in [-0.2, -0.15) is 0 Å². The van der Waals surface area contributed by atoms with E-state index in [1.165, 1.54) is 0 Å². The first-order valence-corrected chi connectivity index (χ1v) is 10.3. The van der Waals surface area contributed by atoms with Gasteiger partial charge in [-0.05, 0) is 31.0 Å². The summed E-state index contributed by atoms with van der Waals surface area (Å²) in [5, 5.41) is 18.8. The van der Waals surface area contributed by atoms with Crippen LogP contribution >= 0.6 is 0 Å². The van der Waals surface area contributed by atoms with Crippen molar-refractivity contribution in [1.82, 2.24) is 0 Å². The molecule has 1 saturated heterocycles. The number of hydrogen-bond acceptors (Lipinski definition) is 4. The summed E-state index contributed by atoms with van der Waals surface area (Å²) in [6.45, 7) is 14.6. The van der Waals surface area contributed by atoms with E-state index in [4.69, 9.17) is 14.3 Å². The van der Waals surface area contributed by atoms with Crippen molar-refractivity contribution in [3.05, 3.63) is 12.7 Å². The Balaban J connectivity index is 2.67. The summed E-state index contributed by atoms with van der Waals surface area (Å²) in [6, 6.07) is 0. The van der Waals surface area contributed by atoms with Crippen LogP contribution < -0.4 is 0 Å². The SMILES string of the molecule is C=C[C@H](O[Si](C)(C)C(C)(C)C)[C@@H]1CC[C@@H]([C@H](O)CO)O1. The van der Waals surface area contributed by atoms with E-state index in [0.717, 1.165) is 12.8 Å². The average Bonchev–Trinajstić information content (AvgIpc) is 2.83. The second kappa shape index (κ2) is 6.71. The van der Waals surface area contributed by atoms with E-state index in [0.29, 0.717) is 0 Å². The monoisotopic (exact) mass is 302 g/mol. The van der Waals surface area contributed by atoms with Crippen LogP contribution in [-0.4, -0.2) is 49.6 Å². The topological polar surface area (TPSA) is 58.9 Å². The Morgan fingerprint density at radius 1 is 1.35 bits per heavy atom. The Hall–Kier alpha value is -0.203. The molecule has 4 atom stereocenters. The minimum absolute atomic E-state index is 0.0761. The van der Waals surface area contributed by atoms with Crippen molar-refractivity contribution in [2.45, 2.75) is 76.2 Å². The Morgan fingerprint density at radius 2 is 1.90 bits per heavy atom. The van der Waals surface area contributed by atoms with E-state index >= 15 is 0 Å². The van der Waals surface area contributed by atoms with Crippen molar-refractivity contribution in [2.24, 2.45) is 0 Å². The summed E-state index contributed by atoms with van der Waals surface area (Å²) >= 11 is 0. The van der Waals surface area contributed by atoms with E-state index in [1.807, 2.05) is 0 Å². The first-order chi connectivity index (χ1) is 9.12. The summed E-state index contributed by atoms with van der Waals surface area (Å²) in [5.74, 6) is 0. The van der Waals surface area contributed by atoms with Gasteiger partial charge in [0.25, 0.3) is 0 Å². The molecule has 1 aliphatic rings. The van der Waals surface area contributed by atoms with E-state index < -0.39 is 14.4 Å². The third kappa shape index (κ3) is 4.15. The number of aliphatic hydroxyl groups excluding tert-OH is 2. The molecular weight excluding hydrogens is 272 g/mol. The first-order valence-electron chi connectivity index (χ1n) is 7.37.